The third-order valence-electron chi connectivity index (χ3n) is 5.37. The normalized spacial score (nSPS) is 12.4. The maximum atomic E-state index is 13.8. The SMILES string of the molecule is Cc1ccc(S(=O)(=O)Nc2cccc(C(=O)NC[C@H](Cc3ccccc3)N(C)C)c2)cc1F. The maximum absolute atomic E-state index is 13.8. The molecule has 174 valence electrons. The zero-order valence-corrected chi connectivity index (χ0v) is 19.7. The minimum Gasteiger partial charge on any atom is -0.350 e. The quantitative estimate of drug-likeness (QED) is 0.499. The molecule has 3 aromatic rings. The van der Waals surface area contributed by atoms with Crippen LogP contribution in [0.4, 0.5) is 10.1 Å². The molecule has 0 bridgehead atoms. The molecule has 0 aliphatic heterocycles. The van der Waals surface area contributed by atoms with Gasteiger partial charge in [-0.3, -0.25) is 9.52 Å². The molecular formula is C25H28FN3O3S. The fourth-order valence-electron chi connectivity index (χ4n) is 3.31. The van der Waals surface area contributed by atoms with E-state index >= 15 is 0 Å². The van der Waals surface area contributed by atoms with Gasteiger partial charge in [-0.25, -0.2) is 12.8 Å². The van der Waals surface area contributed by atoms with Gasteiger partial charge in [-0.1, -0.05) is 42.5 Å². The molecule has 0 aliphatic carbocycles. The van der Waals surface area contributed by atoms with Gasteiger partial charge in [0, 0.05) is 23.8 Å². The van der Waals surface area contributed by atoms with Crippen molar-refractivity contribution in [2.75, 3.05) is 25.4 Å². The van der Waals surface area contributed by atoms with Crippen LogP contribution in [-0.4, -0.2) is 45.9 Å². The van der Waals surface area contributed by atoms with Crippen LogP contribution in [0.1, 0.15) is 21.5 Å². The molecule has 8 heteroatoms. The van der Waals surface area contributed by atoms with Gasteiger partial charge in [0.05, 0.1) is 4.90 Å². The number of hydrogen-bond donors (Lipinski definition) is 2. The number of nitrogens with one attached hydrogen (secondary N) is 2. The predicted octanol–water partition coefficient (Wildman–Crippen LogP) is 3.84. The number of carbonyl (C=O) groups is 1. The molecule has 0 unspecified atom stereocenters. The van der Waals surface area contributed by atoms with Gasteiger partial charge in [0.2, 0.25) is 0 Å². The molecule has 0 saturated carbocycles. The van der Waals surface area contributed by atoms with Crippen LogP contribution in [0.25, 0.3) is 0 Å². The number of nitrogens with zero attached hydrogens (tertiary/aromatic N) is 1. The Morgan fingerprint density at radius 3 is 2.39 bits per heavy atom. The summed E-state index contributed by atoms with van der Waals surface area (Å²) in [5, 5.41) is 2.93. The summed E-state index contributed by atoms with van der Waals surface area (Å²) in [6.07, 6.45) is 0.779. The lowest BCUT2D eigenvalue weighted by molar-refractivity contribution is 0.0941. The van der Waals surface area contributed by atoms with Crippen LogP contribution in [0.5, 0.6) is 0 Å². The number of rotatable bonds is 9. The molecule has 33 heavy (non-hydrogen) atoms. The van der Waals surface area contributed by atoms with Crippen LogP contribution in [0, 0.1) is 12.7 Å². The molecule has 3 rings (SSSR count). The minimum atomic E-state index is -3.99. The molecule has 0 heterocycles. The van der Waals surface area contributed by atoms with E-state index in [1.165, 1.54) is 29.8 Å². The van der Waals surface area contributed by atoms with Gasteiger partial charge in [0.15, 0.2) is 0 Å². The van der Waals surface area contributed by atoms with E-state index in [0.29, 0.717) is 17.7 Å². The van der Waals surface area contributed by atoms with E-state index in [9.17, 15) is 17.6 Å². The Hall–Kier alpha value is -3.23. The van der Waals surface area contributed by atoms with Gasteiger partial charge in [0.1, 0.15) is 5.82 Å². The van der Waals surface area contributed by atoms with Crippen LogP contribution in [0.15, 0.2) is 77.7 Å². The first-order valence-electron chi connectivity index (χ1n) is 10.5. The molecule has 0 spiro atoms. The van der Waals surface area contributed by atoms with Crippen molar-refractivity contribution in [3.05, 3.63) is 95.3 Å². The second kappa shape index (κ2) is 10.6. The lowest BCUT2D eigenvalue weighted by atomic mass is 10.0. The monoisotopic (exact) mass is 469 g/mol. The number of hydrogen-bond acceptors (Lipinski definition) is 4. The van der Waals surface area contributed by atoms with Gasteiger partial charge in [-0.2, -0.15) is 0 Å². The minimum absolute atomic E-state index is 0.0921. The van der Waals surface area contributed by atoms with Crippen molar-refractivity contribution >= 4 is 21.6 Å². The molecule has 1 amide bonds. The number of carbonyl (C=O) groups excluding carboxylic acids is 1. The molecule has 0 fully saturated rings. The first-order valence-corrected chi connectivity index (χ1v) is 12.0. The number of anilines is 1. The number of aryl methyl sites for hydroxylation is 1. The Bertz CT molecular complexity index is 1210. The molecular weight excluding hydrogens is 441 g/mol. The molecule has 1 atom stereocenters. The first kappa shape index (κ1) is 24.4. The molecule has 0 saturated heterocycles. The summed E-state index contributed by atoms with van der Waals surface area (Å²) >= 11 is 0. The number of halogens is 1. The second-order valence-electron chi connectivity index (χ2n) is 8.11. The number of likely N-dealkylation sites (N-methyl/N-ethyl adjacent to an activating group) is 1. The Morgan fingerprint density at radius 2 is 1.73 bits per heavy atom. The smallest absolute Gasteiger partial charge is 0.261 e. The average Bonchev–Trinajstić information content (AvgIpc) is 2.78. The fourth-order valence-corrected chi connectivity index (χ4v) is 4.38. The molecule has 2 N–H and O–H groups in total. The number of amides is 1. The summed E-state index contributed by atoms with van der Waals surface area (Å²) in [7, 11) is -0.0722. The average molecular weight is 470 g/mol. The van der Waals surface area contributed by atoms with E-state index in [0.717, 1.165) is 12.5 Å². The van der Waals surface area contributed by atoms with E-state index in [4.69, 9.17) is 0 Å². The lowest BCUT2D eigenvalue weighted by Gasteiger charge is -2.25. The van der Waals surface area contributed by atoms with Gasteiger partial charge >= 0.3 is 0 Å². The molecule has 0 radical (unpaired) electrons. The third kappa shape index (κ3) is 6.63. The molecule has 6 nitrogen and oxygen atoms in total. The Kier molecular flexibility index (Phi) is 7.84. The van der Waals surface area contributed by atoms with E-state index in [1.54, 1.807) is 19.1 Å². The van der Waals surface area contributed by atoms with Crippen LogP contribution < -0.4 is 10.0 Å². The Balaban J connectivity index is 1.68. The highest BCUT2D eigenvalue weighted by atomic mass is 32.2. The topological polar surface area (TPSA) is 78.5 Å². The van der Waals surface area contributed by atoms with Crippen molar-refractivity contribution in [2.45, 2.75) is 24.3 Å². The van der Waals surface area contributed by atoms with E-state index in [-0.39, 0.29) is 22.5 Å². The number of sulfonamides is 1. The van der Waals surface area contributed by atoms with Crippen LogP contribution in [-0.2, 0) is 16.4 Å². The highest BCUT2D eigenvalue weighted by molar-refractivity contribution is 7.92. The van der Waals surface area contributed by atoms with Crippen molar-refractivity contribution in [3.8, 4) is 0 Å². The van der Waals surface area contributed by atoms with Gasteiger partial charge < -0.3 is 10.2 Å². The van der Waals surface area contributed by atoms with E-state index in [2.05, 4.69) is 14.9 Å². The maximum Gasteiger partial charge on any atom is 0.261 e. The largest absolute Gasteiger partial charge is 0.350 e. The van der Waals surface area contributed by atoms with Crippen molar-refractivity contribution in [1.82, 2.24) is 10.2 Å². The van der Waals surface area contributed by atoms with Crippen molar-refractivity contribution in [1.29, 1.82) is 0 Å². The van der Waals surface area contributed by atoms with Crippen molar-refractivity contribution in [2.24, 2.45) is 0 Å². The molecule has 3 aromatic carbocycles. The summed E-state index contributed by atoms with van der Waals surface area (Å²) < 4.78 is 41.5. The zero-order valence-electron chi connectivity index (χ0n) is 18.9. The summed E-state index contributed by atoms with van der Waals surface area (Å²) in [5.74, 6) is -0.908. The first-order chi connectivity index (χ1) is 15.7. The van der Waals surface area contributed by atoms with E-state index in [1.807, 2.05) is 44.4 Å². The summed E-state index contributed by atoms with van der Waals surface area (Å²) in [6, 6.07) is 20.0. The van der Waals surface area contributed by atoms with Gasteiger partial charge in [0.25, 0.3) is 15.9 Å². The van der Waals surface area contributed by atoms with Crippen LogP contribution in [0.3, 0.4) is 0 Å². The van der Waals surface area contributed by atoms with E-state index < -0.39 is 15.8 Å². The highest BCUT2D eigenvalue weighted by Crippen LogP contribution is 2.19. The number of benzene rings is 3. The Morgan fingerprint density at radius 1 is 1.00 bits per heavy atom. The molecule has 0 aliphatic rings. The standard InChI is InChI=1S/C25H28FN3O3S/c1-18-12-13-23(16-24(18)26)33(31,32)28-21-11-7-10-20(15-21)25(30)27-17-22(29(2)3)14-19-8-5-4-6-9-19/h4-13,15-16,22,28H,14,17H2,1-3H3,(H,27,30)/t22-/m0/s1. The fraction of sp³-hybridized carbons (Fsp3) is 0.240. The van der Waals surface area contributed by atoms with Gasteiger partial charge in [-0.15, -0.1) is 0 Å². The predicted molar refractivity (Wildman–Crippen MR) is 128 cm³/mol. The summed E-state index contributed by atoms with van der Waals surface area (Å²) in [4.78, 5) is 14.6. The lowest BCUT2D eigenvalue weighted by Crippen LogP contribution is -2.41. The zero-order chi connectivity index (χ0) is 24.0. The highest BCUT2D eigenvalue weighted by Gasteiger charge is 2.18. The summed E-state index contributed by atoms with van der Waals surface area (Å²) in [6.45, 7) is 1.99. The summed E-state index contributed by atoms with van der Waals surface area (Å²) in [5.41, 5.74) is 2.07. The van der Waals surface area contributed by atoms with Crippen LogP contribution >= 0.6 is 0 Å². The van der Waals surface area contributed by atoms with Crippen molar-refractivity contribution < 1.29 is 17.6 Å². The van der Waals surface area contributed by atoms with Crippen molar-refractivity contribution in [3.63, 3.8) is 0 Å². The third-order valence-corrected chi connectivity index (χ3v) is 6.75. The second-order valence-corrected chi connectivity index (χ2v) is 9.80. The molecule has 0 aromatic heterocycles. The van der Waals surface area contributed by atoms with Gasteiger partial charge in [-0.05, 0) is 68.9 Å². The van der Waals surface area contributed by atoms with Crippen LogP contribution in [0.2, 0.25) is 0 Å². The Labute approximate surface area is 194 Å².